The number of piperazine rings is 1. The van der Waals surface area contributed by atoms with E-state index in [4.69, 9.17) is 0 Å². The SMILES string of the molecule is O=C(Cc1ccccc1)NCCN1CCN(c2nc3ccc([N+](=O)[O-])cc3s2)CC1. The molecular weight excluding hydrogens is 402 g/mol. The highest BCUT2D eigenvalue weighted by atomic mass is 32.1. The van der Waals surface area contributed by atoms with Gasteiger partial charge in [0.15, 0.2) is 5.13 Å². The molecule has 1 fully saturated rings. The van der Waals surface area contributed by atoms with E-state index < -0.39 is 0 Å². The van der Waals surface area contributed by atoms with Gasteiger partial charge in [0, 0.05) is 51.4 Å². The summed E-state index contributed by atoms with van der Waals surface area (Å²) in [5.41, 5.74) is 1.91. The lowest BCUT2D eigenvalue weighted by atomic mass is 10.1. The van der Waals surface area contributed by atoms with Gasteiger partial charge in [-0.2, -0.15) is 0 Å². The minimum Gasteiger partial charge on any atom is -0.355 e. The Hall–Kier alpha value is -3.04. The third kappa shape index (κ3) is 4.92. The summed E-state index contributed by atoms with van der Waals surface area (Å²) in [6.45, 7) is 4.94. The van der Waals surface area contributed by atoms with Crippen molar-refractivity contribution in [2.24, 2.45) is 0 Å². The normalized spacial score (nSPS) is 14.7. The van der Waals surface area contributed by atoms with Gasteiger partial charge in [0.1, 0.15) is 0 Å². The number of hydrogen-bond acceptors (Lipinski definition) is 7. The number of nitrogens with one attached hydrogen (secondary N) is 1. The Labute approximate surface area is 178 Å². The summed E-state index contributed by atoms with van der Waals surface area (Å²) in [6.07, 6.45) is 0.407. The van der Waals surface area contributed by atoms with Gasteiger partial charge in [-0.15, -0.1) is 0 Å². The van der Waals surface area contributed by atoms with Gasteiger partial charge in [-0.05, 0) is 11.6 Å². The van der Waals surface area contributed by atoms with Gasteiger partial charge in [-0.3, -0.25) is 19.8 Å². The van der Waals surface area contributed by atoms with Crippen molar-refractivity contribution in [1.82, 2.24) is 15.2 Å². The maximum absolute atomic E-state index is 12.1. The first-order valence-electron chi connectivity index (χ1n) is 9.91. The van der Waals surface area contributed by atoms with Gasteiger partial charge in [0.25, 0.3) is 5.69 Å². The molecule has 1 amide bonds. The van der Waals surface area contributed by atoms with Crippen molar-refractivity contribution >= 4 is 38.3 Å². The predicted octanol–water partition coefficient (Wildman–Crippen LogP) is 2.69. The largest absolute Gasteiger partial charge is 0.355 e. The van der Waals surface area contributed by atoms with Crippen LogP contribution in [0.2, 0.25) is 0 Å². The molecule has 1 aromatic heterocycles. The number of non-ortho nitro benzene ring substituents is 1. The van der Waals surface area contributed by atoms with Crippen molar-refractivity contribution in [3.63, 3.8) is 0 Å². The number of rotatable bonds is 7. The number of fused-ring (bicyclic) bond motifs is 1. The molecule has 0 aliphatic carbocycles. The third-order valence-electron chi connectivity index (χ3n) is 5.17. The van der Waals surface area contributed by atoms with Crippen LogP contribution in [0.1, 0.15) is 5.56 Å². The summed E-state index contributed by atoms with van der Waals surface area (Å²) < 4.78 is 0.836. The molecule has 0 saturated carbocycles. The lowest BCUT2D eigenvalue weighted by molar-refractivity contribution is -0.384. The lowest BCUT2D eigenvalue weighted by Gasteiger charge is -2.34. The Bertz CT molecular complexity index is 1030. The van der Waals surface area contributed by atoms with E-state index in [0.29, 0.717) is 13.0 Å². The number of nitro benzene ring substituents is 1. The molecule has 0 radical (unpaired) electrons. The highest BCUT2D eigenvalue weighted by molar-refractivity contribution is 7.22. The molecule has 9 heteroatoms. The molecule has 0 unspecified atom stereocenters. The number of nitro groups is 1. The molecule has 1 aliphatic rings. The molecule has 2 heterocycles. The summed E-state index contributed by atoms with van der Waals surface area (Å²) in [7, 11) is 0. The zero-order valence-corrected chi connectivity index (χ0v) is 17.3. The first-order valence-corrected chi connectivity index (χ1v) is 10.7. The van der Waals surface area contributed by atoms with Gasteiger partial charge in [0.2, 0.25) is 5.91 Å². The monoisotopic (exact) mass is 425 g/mol. The average molecular weight is 426 g/mol. The fourth-order valence-corrected chi connectivity index (χ4v) is 4.56. The van der Waals surface area contributed by atoms with E-state index >= 15 is 0 Å². The van der Waals surface area contributed by atoms with Gasteiger partial charge >= 0.3 is 0 Å². The van der Waals surface area contributed by atoms with Gasteiger partial charge in [-0.1, -0.05) is 41.7 Å². The van der Waals surface area contributed by atoms with Gasteiger partial charge < -0.3 is 10.2 Å². The van der Waals surface area contributed by atoms with Crippen molar-refractivity contribution in [3.8, 4) is 0 Å². The van der Waals surface area contributed by atoms with Crippen molar-refractivity contribution in [1.29, 1.82) is 0 Å². The Morgan fingerprint density at radius 2 is 1.90 bits per heavy atom. The van der Waals surface area contributed by atoms with E-state index in [0.717, 1.165) is 53.6 Å². The second-order valence-electron chi connectivity index (χ2n) is 7.25. The van der Waals surface area contributed by atoms with Crippen LogP contribution in [-0.2, 0) is 11.2 Å². The number of thiazole rings is 1. The van der Waals surface area contributed by atoms with Crippen molar-refractivity contribution < 1.29 is 9.72 Å². The Balaban J connectivity index is 1.23. The number of nitrogens with zero attached hydrogens (tertiary/aromatic N) is 4. The molecule has 0 spiro atoms. The molecule has 1 saturated heterocycles. The molecule has 1 N–H and O–H groups in total. The fraction of sp³-hybridized carbons (Fsp3) is 0.333. The first kappa shape index (κ1) is 20.2. The van der Waals surface area contributed by atoms with Crippen LogP contribution in [0, 0.1) is 10.1 Å². The van der Waals surface area contributed by atoms with Crippen LogP contribution < -0.4 is 10.2 Å². The van der Waals surface area contributed by atoms with E-state index in [-0.39, 0.29) is 16.5 Å². The van der Waals surface area contributed by atoms with E-state index in [9.17, 15) is 14.9 Å². The first-order chi connectivity index (χ1) is 14.6. The van der Waals surface area contributed by atoms with Crippen LogP contribution in [0.15, 0.2) is 48.5 Å². The van der Waals surface area contributed by atoms with Gasteiger partial charge in [-0.25, -0.2) is 4.98 Å². The zero-order chi connectivity index (χ0) is 20.9. The van der Waals surface area contributed by atoms with Gasteiger partial charge in [0.05, 0.1) is 21.6 Å². The molecule has 30 heavy (non-hydrogen) atoms. The number of carbonyl (C=O) groups is 1. The number of benzene rings is 2. The van der Waals surface area contributed by atoms with Crippen molar-refractivity contribution in [2.75, 3.05) is 44.2 Å². The van der Waals surface area contributed by atoms with E-state index in [1.54, 1.807) is 12.1 Å². The summed E-state index contributed by atoms with van der Waals surface area (Å²) >= 11 is 1.49. The Kier molecular flexibility index (Phi) is 6.20. The van der Waals surface area contributed by atoms with E-state index in [1.165, 1.54) is 17.4 Å². The minimum atomic E-state index is -0.379. The number of hydrogen-bond donors (Lipinski definition) is 1. The summed E-state index contributed by atoms with van der Waals surface area (Å²) in [5, 5.41) is 14.9. The second kappa shape index (κ2) is 9.19. The standard InChI is InChI=1S/C21H23N5O3S/c27-20(14-16-4-2-1-3-5-16)22-8-9-24-10-12-25(13-11-24)21-23-18-7-6-17(26(28)29)15-19(18)30-21/h1-7,15H,8-14H2,(H,22,27). The Morgan fingerprint density at radius 1 is 1.13 bits per heavy atom. The van der Waals surface area contributed by atoms with Crippen LogP contribution >= 0.6 is 11.3 Å². The molecule has 2 aromatic carbocycles. The molecule has 1 aliphatic heterocycles. The summed E-state index contributed by atoms with van der Waals surface area (Å²) in [5.74, 6) is 0.0448. The Morgan fingerprint density at radius 3 is 2.63 bits per heavy atom. The third-order valence-corrected chi connectivity index (χ3v) is 6.25. The number of anilines is 1. The molecule has 156 valence electrons. The molecule has 3 aromatic rings. The maximum Gasteiger partial charge on any atom is 0.270 e. The predicted molar refractivity (Wildman–Crippen MR) is 118 cm³/mol. The van der Waals surface area contributed by atoms with E-state index in [2.05, 4.69) is 20.1 Å². The summed E-state index contributed by atoms with van der Waals surface area (Å²) in [4.78, 5) is 31.8. The van der Waals surface area contributed by atoms with Crippen LogP contribution in [0.25, 0.3) is 10.2 Å². The number of aromatic nitrogens is 1. The number of carbonyl (C=O) groups excluding carboxylic acids is 1. The molecule has 8 nitrogen and oxygen atoms in total. The fourth-order valence-electron chi connectivity index (χ4n) is 3.51. The quantitative estimate of drug-likeness (QED) is 0.462. The van der Waals surface area contributed by atoms with Crippen LogP contribution in [0.3, 0.4) is 0 Å². The summed E-state index contributed by atoms with van der Waals surface area (Å²) in [6, 6.07) is 14.5. The number of amides is 1. The van der Waals surface area contributed by atoms with Crippen LogP contribution in [0.5, 0.6) is 0 Å². The zero-order valence-electron chi connectivity index (χ0n) is 16.5. The van der Waals surface area contributed by atoms with Crippen LogP contribution in [-0.4, -0.2) is 60.0 Å². The highest BCUT2D eigenvalue weighted by Gasteiger charge is 2.20. The van der Waals surface area contributed by atoms with Crippen molar-refractivity contribution in [3.05, 3.63) is 64.2 Å². The molecule has 0 atom stereocenters. The smallest absolute Gasteiger partial charge is 0.270 e. The van der Waals surface area contributed by atoms with Crippen LogP contribution in [0.4, 0.5) is 10.8 Å². The highest BCUT2D eigenvalue weighted by Crippen LogP contribution is 2.31. The van der Waals surface area contributed by atoms with Crippen molar-refractivity contribution in [2.45, 2.75) is 6.42 Å². The van der Waals surface area contributed by atoms with E-state index in [1.807, 2.05) is 30.3 Å². The molecule has 4 rings (SSSR count). The molecular formula is C21H23N5O3S. The topological polar surface area (TPSA) is 91.6 Å². The second-order valence-corrected chi connectivity index (χ2v) is 8.26. The molecule has 0 bridgehead atoms. The maximum atomic E-state index is 12.1. The minimum absolute atomic E-state index is 0.0448. The lowest BCUT2D eigenvalue weighted by Crippen LogP contribution is -2.48. The average Bonchev–Trinajstić information content (AvgIpc) is 3.18.